The zero-order chi connectivity index (χ0) is 14.5. The van der Waals surface area contributed by atoms with E-state index >= 15 is 0 Å². The van der Waals surface area contributed by atoms with Gasteiger partial charge in [0.2, 0.25) is 0 Å². The Kier molecular flexibility index (Phi) is 4.38. The smallest absolute Gasteiger partial charge is 0.277 e. The molecule has 0 aliphatic rings. The summed E-state index contributed by atoms with van der Waals surface area (Å²) in [6.07, 6.45) is 0. The van der Waals surface area contributed by atoms with E-state index in [1.54, 1.807) is 26.3 Å². The highest BCUT2D eigenvalue weighted by atomic mass is 16.7. The number of hydroxylamine groups is 2. The topological polar surface area (TPSA) is 38.8 Å². The third-order valence-corrected chi connectivity index (χ3v) is 3.09. The quantitative estimate of drug-likeness (QED) is 0.802. The van der Waals surface area contributed by atoms with Crippen molar-refractivity contribution in [1.29, 1.82) is 0 Å². The summed E-state index contributed by atoms with van der Waals surface area (Å²) in [4.78, 5) is 17.0. The number of carbonyl (C=O) groups excluding carboxylic acids is 1. The highest BCUT2D eigenvalue weighted by Crippen LogP contribution is 2.31. The highest BCUT2D eigenvalue weighted by molar-refractivity contribution is 5.95. The van der Waals surface area contributed by atoms with Gasteiger partial charge >= 0.3 is 0 Å². The van der Waals surface area contributed by atoms with Gasteiger partial charge in [-0.1, -0.05) is 30.3 Å². The molecule has 0 saturated carbocycles. The number of benzene rings is 2. The summed E-state index contributed by atoms with van der Waals surface area (Å²) in [5.41, 5.74) is 2.43. The Morgan fingerprint density at radius 2 is 1.75 bits per heavy atom. The summed E-state index contributed by atoms with van der Waals surface area (Å²) < 4.78 is 5.37. The highest BCUT2D eigenvalue weighted by Gasteiger charge is 2.14. The van der Waals surface area contributed by atoms with Crippen molar-refractivity contribution in [1.82, 2.24) is 5.06 Å². The summed E-state index contributed by atoms with van der Waals surface area (Å²) in [6.45, 7) is 0. The van der Waals surface area contributed by atoms with Gasteiger partial charge in [0, 0.05) is 18.2 Å². The second-order valence-electron chi connectivity index (χ2n) is 4.27. The molecule has 104 valence electrons. The predicted octanol–water partition coefficient (Wildman–Crippen LogP) is 3.00. The van der Waals surface area contributed by atoms with E-state index in [1.807, 2.05) is 36.4 Å². The number of methoxy groups -OCH3 is 1. The minimum atomic E-state index is -0.202. The molecule has 0 unspecified atom stereocenters. The van der Waals surface area contributed by atoms with Gasteiger partial charge in [-0.15, -0.1) is 0 Å². The minimum Gasteiger partial charge on any atom is -0.496 e. The lowest BCUT2D eigenvalue weighted by atomic mass is 10.0. The van der Waals surface area contributed by atoms with Crippen molar-refractivity contribution in [2.24, 2.45) is 0 Å². The summed E-state index contributed by atoms with van der Waals surface area (Å²) in [7, 11) is 4.65. The van der Waals surface area contributed by atoms with E-state index in [0.717, 1.165) is 16.9 Å². The first kappa shape index (κ1) is 14.1. The number of ether oxygens (including phenoxy) is 1. The maximum Gasteiger partial charge on any atom is 0.277 e. The van der Waals surface area contributed by atoms with Crippen LogP contribution in [-0.4, -0.2) is 32.2 Å². The Bertz CT molecular complexity index is 596. The monoisotopic (exact) mass is 271 g/mol. The van der Waals surface area contributed by atoms with Crippen molar-refractivity contribution >= 4 is 5.91 Å². The van der Waals surface area contributed by atoms with Crippen LogP contribution in [0.1, 0.15) is 10.4 Å². The van der Waals surface area contributed by atoms with E-state index in [0.29, 0.717) is 5.56 Å². The van der Waals surface area contributed by atoms with E-state index < -0.39 is 0 Å². The molecule has 0 N–H and O–H groups in total. The van der Waals surface area contributed by atoms with E-state index in [4.69, 9.17) is 9.57 Å². The number of hydrogen-bond donors (Lipinski definition) is 0. The summed E-state index contributed by atoms with van der Waals surface area (Å²) in [6, 6.07) is 15.1. The Hall–Kier alpha value is -2.33. The maximum atomic E-state index is 12.1. The summed E-state index contributed by atoms with van der Waals surface area (Å²) in [5, 5.41) is 1.19. The van der Waals surface area contributed by atoms with Crippen LogP contribution in [0, 0.1) is 0 Å². The molecule has 0 spiro atoms. The molecule has 0 saturated heterocycles. The second-order valence-corrected chi connectivity index (χ2v) is 4.27. The molecule has 2 aromatic rings. The van der Waals surface area contributed by atoms with Crippen molar-refractivity contribution in [2.75, 3.05) is 21.3 Å². The Balaban J connectivity index is 2.47. The summed E-state index contributed by atoms with van der Waals surface area (Å²) >= 11 is 0. The fraction of sp³-hybridized carbons (Fsp3) is 0.188. The Labute approximate surface area is 118 Å². The molecule has 4 heteroatoms. The van der Waals surface area contributed by atoms with Crippen LogP contribution in [0.15, 0.2) is 48.5 Å². The van der Waals surface area contributed by atoms with Crippen molar-refractivity contribution in [2.45, 2.75) is 0 Å². The molecule has 0 aromatic heterocycles. The van der Waals surface area contributed by atoms with Crippen LogP contribution in [-0.2, 0) is 4.84 Å². The lowest BCUT2D eigenvalue weighted by Gasteiger charge is -2.15. The standard InChI is InChI=1S/C16H17NO3/c1-17(20-3)16(18)13-9-10-15(19-2)14(11-13)12-7-5-4-6-8-12/h4-11H,1-3H3. The SMILES string of the molecule is COc1ccc(C(=O)N(C)OC)cc1-c1ccccc1. The zero-order valence-electron chi connectivity index (χ0n) is 11.8. The van der Waals surface area contributed by atoms with Gasteiger partial charge in [-0.3, -0.25) is 9.63 Å². The molecule has 4 nitrogen and oxygen atoms in total. The summed E-state index contributed by atoms with van der Waals surface area (Å²) in [5.74, 6) is 0.528. The molecule has 2 rings (SSSR count). The van der Waals surface area contributed by atoms with Crippen molar-refractivity contribution in [3.8, 4) is 16.9 Å². The van der Waals surface area contributed by atoms with Gasteiger partial charge in [0.25, 0.3) is 5.91 Å². The van der Waals surface area contributed by atoms with Crippen molar-refractivity contribution < 1.29 is 14.4 Å². The van der Waals surface area contributed by atoms with Crippen LogP contribution >= 0.6 is 0 Å². The molecular formula is C16H17NO3. The number of amides is 1. The average molecular weight is 271 g/mol. The molecule has 0 heterocycles. The van der Waals surface area contributed by atoms with Crippen LogP contribution in [0.4, 0.5) is 0 Å². The van der Waals surface area contributed by atoms with Crippen LogP contribution < -0.4 is 4.74 Å². The van der Waals surface area contributed by atoms with Crippen molar-refractivity contribution in [3.63, 3.8) is 0 Å². The maximum absolute atomic E-state index is 12.1. The molecule has 0 fully saturated rings. The van der Waals surface area contributed by atoms with Crippen LogP contribution in [0.5, 0.6) is 5.75 Å². The first-order valence-electron chi connectivity index (χ1n) is 6.23. The Morgan fingerprint density at radius 1 is 1.05 bits per heavy atom. The molecule has 0 atom stereocenters. The van der Waals surface area contributed by atoms with Gasteiger partial charge in [0.05, 0.1) is 14.2 Å². The van der Waals surface area contributed by atoms with E-state index in [1.165, 1.54) is 12.2 Å². The van der Waals surface area contributed by atoms with Gasteiger partial charge in [-0.25, -0.2) is 5.06 Å². The molecule has 1 amide bonds. The van der Waals surface area contributed by atoms with Crippen LogP contribution in [0.2, 0.25) is 0 Å². The number of nitrogens with zero attached hydrogens (tertiary/aromatic N) is 1. The predicted molar refractivity (Wildman–Crippen MR) is 77.5 cm³/mol. The third kappa shape index (κ3) is 2.81. The van der Waals surface area contributed by atoms with E-state index in [2.05, 4.69) is 0 Å². The molecule has 0 bridgehead atoms. The third-order valence-electron chi connectivity index (χ3n) is 3.09. The van der Waals surface area contributed by atoms with Gasteiger partial charge in [-0.2, -0.15) is 0 Å². The van der Waals surface area contributed by atoms with Crippen LogP contribution in [0.25, 0.3) is 11.1 Å². The fourth-order valence-corrected chi connectivity index (χ4v) is 1.95. The van der Waals surface area contributed by atoms with Crippen molar-refractivity contribution in [3.05, 3.63) is 54.1 Å². The second kappa shape index (κ2) is 6.21. The lowest BCUT2D eigenvalue weighted by Crippen LogP contribution is -2.25. The first-order chi connectivity index (χ1) is 9.67. The lowest BCUT2D eigenvalue weighted by molar-refractivity contribution is -0.0756. The Morgan fingerprint density at radius 3 is 2.35 bits per heavy atom. The van der Waals surface area contributed by atoms with Gasteiger partial charge in [-0.05, 0) is 23.8 Å². The normalized spacial score (nSPS) is 10.2. The average Bonchev–Trinajstić information content (AvgIpc) is 2.53. The number of rotatable bonds is 4. The van der Waals surface area contributed by atoms with Crippen LogP contribution in [0.3, 0.4) is 0 Å². The largest absolute Gasteiger partial charge is 0.496 e. The number of hydrogen-bond acceptors (Lipinski definition) is 3. The molecule has 0 aliphatic carbocycles. The van der Waals surface area contributed by atoms with E-state index in [-0.39, 0.29) is 5.91 Å². The molecule has 0 aliphatic heterocycles. The molecule has 2 aromatic carbocycles. The van der Waals surface area contributed by atoms with E-state index in [9.17, 15) is 4.79 Å². The van der Waals surface area contributed by atoms with Gasteiger partial charge in [0.15, 0.2) is 0 Å². The molecule has 20 heavy (non-hydrogen) atoms. The van der Waals surface area contributed by atoms with Gasteiger partial charge < -0.3 is 4.74 Å². The van der Waals surface area contributed by atoms with Gasteiger partial charge in [0.1, 0.15) is 5.75 Å². The minimum absolute atomic E-state index is 0.202. The zero-order valence-corrected chi connectivity index (χ0v) is 11.8. The molecular weight excluding hydrogens is 254 g/mol. The molecule has 0 radical (unpaired) electrons. The fourth-order valence-electron chi connectivity index (χ4n) is 1.95. The first-order valence-corrected chi connectivity index (χ1v) is 6.23. The number of carbonyl (C=O) groups is 1.